The number of hydrogen-bond donors (Lipinski definition) is 2. The van der Waals surface area contributed by atoms with Crippen molar-refractivity contribution in [1.29, 1.82) is 0 Å². The van der Waals surface area contributed by atoms with Gasteiger partial charge in [-0.1, -0.05) is 28.1 Å². The molecule has 1 aromatic heterocycles. The van der Waals surface area contributed by atoms with Crippen molar-refractivity contribution in [3.63, 3.8) is 0 Å². The Morgan fingerprint density at radius 2 is 2.00 bits per heavy atom. The van der Waals surface area contributed by atoms with Gasteiger partial charge in [0, 0.05) is 10.0 Å². The predicted octanol–water partition coefficient (Wildman–Crippen LogP) is 4.73. The smallest absolute Gasteiger partial charge is 0.337 e. The Bertz CT molecular complexity index is 982. The number of furan rings is 1. The van der Waals surface area contributed by atoms with Crippen LogP contribution in [0.25, 0.3) is 11.1 Å². The van der Waals surface area contributed by atoms with Crippen molar-refractivity contribution in [3.05, 3.63) is 70.6 Å². The third kappa shape index (κ3) is 4.57. The summed E-state index contributed by atoms with van der Waals surface area (Å²) in [6.07, 6.45) is 3.20. The van der Waals surface area contributed by atoms with Gasteiger partial charge in [0.15, 0.2) is 6.61 Å². The molecule has 27 heavy (non-hydrogen) atoms. The van der Waals surface area contributed by atoms with Crippen molar-refractivity contribution >= 4 is 33.5 Å². The zero-order chi connectivity index (χ0) is 19.4. The third-order valence-corrected chi connectivity index (χ3v) is 4.31. The summed E-state index contributed by atoms with van der Waals surface area (Å²) in [6.45, 7) is 1.48. The van der Waals surface area contributed by atoms with Crippen LogP contribution in [0.1, 0.15) is 15.9 Å². The van der Waals surface area contributed by atoms with Crippen LogP contribution in [0.2, 0.25) is 0 Å². The van der Waals surface area contributed by atoms with Gasteiger partial charge in [0.2, 0.25) is 0 Å². The number of aromatic carboxylic acids is 1. The minimum Gasteiger partial charge on any atom is -0.484 e. The first kappa shape index (κ1) is 18.7. The van der Waals surface area contributed by atoms with Crippen LogP contribution in [-0.4, -0.2) is 23.6 Å². The molecule has 138 valence electrons. The van der Waals surface area contributed by atoms with Gasteiger partial charge in [0.05, 0.1) is 23.8 Å². The maximum Gasteiger partial charge on any atom is 0.337 e. The lowest BCUT2D eigenvalue weighted by atomic mass is 10.1. The van der Waals surface area contributed by atoms with Gasteiger partial charge in [-0.3, -0.25) is 4.79 Å². The number of carbonyl (C=O) groups is 2. The number of halogens is 1. The van der Waals surface area contributed by atoms with Gasteiger partial charge in [-0.25, -0.2) is 4.79 Å². The maximum atomic E-state index is 12.3. The second kappa shape index (κ2) is 8.09. The van der Waals surface area contributed by atoms with Crippen LogP contribution in [0.4, 0.5) is 5.69 Å². The molecular formula is C20H16BrNO5. The quantitative estimate of drug-likeness (QED) is 0.590. The highest BCUT2D eigenvalue weighted by molar-refractivity contribution is 9.10. The molecule has 3 aromatic rings. The molecule has 0 radical (unpaired) electrons. The molecule has 1 heterocycles. The topological polar surface area (TPSA) is 88.8 Å². The van der Waals surface area contributed by atoms with E-state index in [4.69, 9.17) is 9.15 Å². The van der Waals surface area contributed by atoms with E-state index in [1.54, 1.807) is 37.6 Å². The van der Waals surface area contributed by atoms with Crippen LogP contribution < -0.4 is 10.1 Å². The second-order valence-corrected chi connectivity index (χ2v) is 6.74. The van der Waals surface area contributed by atoms with Crippen molar-refractivity contribution in [2.45, 2.75) is 6.92 Å². The number of amides is 1. The van der Waals surface area contributed by atoms with E-state index in [9.17, 15) is 14.7 Å². The fraction of sp³-hybridized carbons (Fsp3) is 0.100. The molecule has 3 rings (SSSR count). The lowest BCUT2D eigenvalue weighted by molar-refractivity contribution is -0.118. The van der Waals surface area contributed by atoms with Crippen LogP contribution in [0.15, 0.2) is 63.9 Å². The first-order valence-corrected chi connectivity index (χ1v) is 8.82. The van der Waals surface area contributed by atoms with E-state index < -0.39 is 11.9 Å². The SMILES string of the molecule is Cc1cc(Br)cc(C(=O)O)c1NC(=O)COc1cccc(-c2ccoc2)c1. The Morgan fingerprint density at radius 1 is 1.19 bits per heavy atom. The monoisotopic (exact) mass is 429 g/mol. The van der Waals surface area contributed by atoms with Crippen molar-refractivity contribution in [1.82, 2.24) is 0 Å². The van der Waals surface area contributed by atoms with E-state index in [-0.39, 0.29) is 17.9 Å². The molecule has 0 saturated heterocycles. The standard InChI is InChI=1S/C20H16BrNO5/c1-12-7-15(21)9-17(20(24)25)19(12)22-18(23)11-27-16-4-2-3-13(8-16)14-5-6-26-10-14/h2-10H,11H2,1H3,(H,22,23)(H,24,25). The third-order valence-electron chi connectivity index (χ3n) is 3.85. The first-order valence-electron chi connectivity index (χ1n) is 8.03. The second-order valence-electron chi connectivity index (χ2n) is 5.83. The highest BCUT2D eigenvalue weighted by Crippen LogP contribution is 2.27. The van der Waals surface area contributed by atoms with Gasteiger partial charge in [-0.05, 0) is 48.4 Å². The average Bonchev–Trinajstić information content (AvgIpc) is 3.17. The Hall–Kier alpha value is -3.06. The summed E-state index contributed by atoms with van der Waals surface area (Å²) in [6, 6.07) is 12.3. The van der Waals surface area contributed by atoms with E-state index in [1.165, 1.54) is 6.07 Å². The molecule has 0 unspecified atom stereocenters. The molecule has 0 aliphatic rings. The Labute approximate surface area is 163 Å². The molecule has 1 amide bonds. The molecule has 0 atom stereocenters. The van der Waals surface area contributed by atoms with Gasteiger partial charge in [0.25, 0.3) is 5.91 Å². The normalized spacial score (nSPS) is 10.4. The summed E-state index contributed by atoms with van der Waals surface area (Å²) in [4.78, 5) is 23.7. The summed E-state index contributed by atoms with van der Waals surface area (Å²) in [7, 11) is 0. The fourth-order valence-corrected chi connectivity index (χ4v) is 3.17. The molecule has 7 heteroatoms. The van der Waals surface area contributed by atoms with Crippen molar-refractivity contribution in [2.75, 3.05) is 11.9 Å². The number of hydrogen-bond acceptors (Lipinski definition) is 4. The van der Waals surface area contributed by atoms with Gasteiger partial charge < -0.3 is 19.6 Å². The van der Waals surface area contributed by atoms with Crippen LogP contribution in [0.5, 0.6) is 5.75 Å². The van der Waals surface area contributed by atoms with Gasteiger partial charge in [-0.2, -0.15) is 0 Å². The number of carbonyl (C=O) groups excluding carboxylic acids is 1. The number of carboxylic acids is 1. The average molecular weight is 430 g/mol. The summed E-state index contributed by atoms with van der Waals surface area (Å²) >= 11 is 3.26. The largest absolute Gasteiger partial charge is 0.484 e. The number of nitrogens with one attached hydrogen (secondary N) is 1. The molecule has 0 spiro atoms. The number of anilines is 1. The predicted molar refractivity (Wildman–Crippen MR) is 104 cm³/mol. The minimum absolute atomic E-state index is 0.0113. The van der Waals surface area contributed by atoms with Crippen LogP contribution in [0.3, 0.4) is 0 Å². The zero-order valence-corrected chi connectivity index (χ0v) is 15.9. The Balaban J connectivity index is 1.69. The van der Waals surface area contributed by atoms with Crippen LogP contribution >= 0.6 is 15.9 Å². The van der Waals surface area contributed by atoms with Gasteiger partial charge in [0.1, 0.15) is 5.75 Å². The van der Waals surface area contributed by atoms with E-state index in [0.29, 0.717) is 15.8 Å². The zero-order valence-electron chi connectivity index (χ0n) is 14.4. The van der Waals surface area contributed by atoms with E-state index in [2.05, 4.69) is 21.2 Å². The van der Waals surface area contributed by atoms with Crippen LogP contribution in [-0.2, 0) is 4.79 Å². The van der Waals surface area contributed by atoms with E-state index >= 15 is 0 Å². The highest BCUT2D eigenvalue weighted by atomic mass is 79.9. The molecule has 0 fully saturated rings. The van der Waals surface area contributed by atoms with E-state index in [1.807, 2.05) is 18.2 Å². The summed E-state index contributed by atoms with van der Waals surface area (Å²) in [5.74, 6) is -1.05. The summed E-state index contributed by atoms with van der Waals surface area (Å²) < 4.78 is 11.2. The molecule has 0 saturated carbocycles. The molecule has 0 aliphatic heterocycles. The van der Waals surface area contributed by atoms with Crippen molar-refractivity contribution < 1.29 is 23.8 Å². The molecule has 2 aromatic carbocycles. The van der Waals surface area contributed by atoms with E-state index in [0.717, 1.165) is 11.1 Å². The lowest BCUT2D eigenvalue weighted by Crippen LogP contribution is -2.22. The first-order chi connectivity index (χ1) is 12.9. The van der Waals surface area contributed by atoms with Crippen molar-refractivity contribution in [2.24, 2.45) is 0 Å². The molecule has 0 bridgehead atoms. The molecule has 6 nitrogen and oxygen atoms in total. The Kier molecular flexibility index (Phi) is 5.61. The minimum atomic E-state index is -1.12. The number of rotatable bonds is 6. The number of benzene rings is 2. The number of carboxylic acid groups (broad SMARTS) is 1. The maximum absolute atomic E-state index is 12.3. The number of aryl methyl sites for hydroxylation is 1. The molecule has 2 N–H and O–H groups in total. The van der Waals surface area contributed by atoms with Gasteiger partial charge >= 0.3 is 5.97 Å². The van der Waals surface area contributed by atoms with Crippen LogP contribution in [0, 0.1) is 6.92 Å². The summed E-state index contributed by atoms with van der Waals surface area (Å²) in [5.41, 5.74) is 2.71. The fourth-order valence-electron chi connectivity index (χ4n) is 2.60. The number of ether oxygens (including phenoxy) is 1. The summed E-state index contributed by atoms with van der Waals surface area (Å²) in [5, 5.41) is 12.0. The van der Waals surface area contributed by atoms with Crippen molar-refractivity contribution in [3.8, 4) is 16.9 Å². The van der Waals surface area contributed by atoms with Gasteiger partial charge in [-0.15, -0.1) is 0 Å². The molecular weight excluding hydrogens is 414 g/mol. The highest BCUT2D eigenvalue weighted by Gasteiger charge is 2.16. The Morgan fingerprint density at radius 3 is 2.70 bits per heavy atom. The lowest BCUT2D eigenvalue weighted by Gasteiger charge is -2.13. The molecule has 0 aliphatic carbocycles.